The van der Waals surface area contributed by atoms with E-state index in [0.717, 1.165) is 29.0 Å². The van der Waals surface area contributed by atoms with Crippen molar-refractivity contribution in [2.75, 3.05) is 11.9 Å². The van der Waals surface area contributed by atoms with E-state index < -0.39 is 0 Å². The molecule has 0 radical (unpaired) electrons. The van der Waals surface area contributed by atoms with Crippen molar-refractivity contribution in [1.82, 2.24) is 5.32 Å². The number of para-hydroxylation sites is 1. The van der Waals surface area contributed by atoms with Crippen LogP contribution in [0, 0.1) is 13.8 Å². The lowest BCUT2D eigenvalue weighted by Gasteiger charge is -2.26. The first-order valence-corrected chi connectivity index (χ1v) is 7.50. The molecule has 2 aromatic carbocycles. The van der Waals surface area contributed by atoms with Crippen molar-refractivity contribution in [3.63, 3.8) is 0 Å². The zero-order valence-electron chi connectivity index (χ0n) is 12.8. The highest BCUT2D eigenvalue weighted by atomic mass is 16.5. The first-order valence-electron chi connectivity index (χ1n) is 7.50. The van der Waals surface area contributed by atoms with E-state index in [0.29, 0.717) is 6.61 Å². The van der Waals surface area contributed by atoms with Gasteiger partial charge in [-0.05, 0) is 43.2 Å². The second kappa shape index (κ2) is 6.10. The Morgan fingerprint density at radius 2 is 1.95 bits per heavy atom. The molecule has 1 unspecified atom stereocenters. The Bertz CT molecular complexity index is 697. The molecule has 2 aromatic rings. The molecular formula is C18H20N2O2. The van der Waals surface area contributed by atoms with E-state index in [1.165, 1.54) is 5.56 Å². The number of ether oxygens (including phenoxy) is 1. The molecule has 4 nitrogen and oxygen atoms in total. The molecule has 0 saturated carbocycles. The van der Waals surface area contributed by atoms with Gasteiger partial charge >= 0.3 is 6.03 Å². The average Bonchev–Trinajstić information content (AvgIpc) is 2.51. The van der Waals surface area contributed by atoms with Crippen molar-refractivity contribution >= 4 is 11.7 Å². The topological polar surface area (TPSA) is 50.4 Å². The number of aryl methyl sites for hydroxylation is 2. The number of anilines is 1. The van der Waals surface area contributed by atoms with Crippen molar-refractivity contribution in [2.45, 2.75) is 26.3 Å². The van der Waals surface area contributed by atoms with Gasteiger partial charge in [-0.2, -0.15) is 0 Å². The lowest BCUT2D eigenvalue weighted by atomic mass is 10.0. The van der Waals surface area contributed by atoms with Crippen molar-refractivity contribution in [2.24, 2.45) is 0 Å². The summed E-state index contributed by atoms with van der Waals surface area (Å²) in [4.78, 5) is 12.2. The number of benzene rings is 2. The molecule has 1 heterocycles. The van der Waals surface area contributed by atoms with Crippen LogP contribution >= 0.6 is 0 Å². The fourth-order valence-corrected chi connectivity index (χ4v) is 2.64. The molecule has 1 aliphatic heterocycles. The lowest BCUT2D eigenvalue weighted by molar-refractivity contribution is 0.232. The minimum Gasteiger partial charge on any atom is -0.493 e. The minimum absolute atomic E-state index is 0.0171. The summed E-state index contributed by atoms with van der Waals surface area (Å²) in [5.41, 5.74) is 4.21. The van der Waals surface area contributed by atoms with Gasteiger partial charge in [0.05, 0.1) is 12.6 Å². The third-order valence-electron chi connectivity index (χ3n) is 4.03. The maximum Gasteiger partial charge on any atom is 0.319 e. The summed E-state index contributed by atoms with van der Waals surface area (Å²) >= 11 is 0. The number of carbonyl (C=O) groups is 1. The summed E-state index contributed by atoms with van der Waals surface area (Å²) in [6, 6.07) is 13.5. The molecule has 22 heavy (non-hydrogen) atoms. The van der Waals surface area contributed by atoms with Crippen LogP contribution in [-0.4, -0.2) is 12.6 Å². The van der Waals surface area contributed by atoms with E-state index >= 15 is 0 Å². The number of hydrogen-bond acceptors (Lipinski definition) is 2. The van der Waals surface area contributed by atoms with Gasteiger partial charge in [0.2, 0.25) is 0 Å². The van der Waals surface area contributed by atoms with E-state index in [-0.39, 0.29) is 12.1 Å². The molecule has 2 N–H and O–H groups in total. The van der Waals surface area contributed by atoms with Crippen LogP contribution in [0.4, 0.5) is 10.5 Å². The van der Waals surface area contributed by atoms with Crippen LogP contribution in [0.3, 0.4) is 0 Å². The van der Waals surface area contributed by atoms with Crippen molar-refractivity contribution in [3.8, 4) is 5.75 Å². The van der Waals surface area contributed by atoms with Crippen LogP contribution in [0.5, 0.6) is 5.75 Å². The van der Waals surface area contributed by atoms with Gasteiger partial charge in [0, 0.05) is 17.7 Å². The Morgan fingerprint density at radius 1 is 1.14 bits per heavy atom. The highest BCUT2D eigenvalue weighted by Crippen LogP contribution is 2.31. The van der Waals surface area contributed by atoms with Crippen LogP contribution in [0.1, 0.15) is 29.2 Å². The van der Waals surface area contributed by atoms with E-state index in [2.05, 4.69) is 17.6 Å². The fraction of sp³-hybridized carbons (Fsp3) is 0.278. The second-order valence-electron chi connectivity index (χ2n) is 5.63. The molecule has 4 heteroatoms. The standard InChI is InChI=1S/C18H20N2O2/c1-12-7-8-14(11-13(12)2)19-18(21)20-16-9-10-22-17-6-4-3-5-15(16)17/h3-8,11,16H,9-10H2,1-2H3,(H2,19,20,21). The van der Waals surface area contributed by atoms with Gasteiger partial charge < -0.3 is 15.4 Å². The largest absolute Gasteiger partial charge is 0.493 e. The summed E-state index contributed by atoms with van der Waals surface area (Å²) < 4.78 is 5.61. The quantitative estimate of drug-likeness (QED) is 0.881. The number of urea groups is 1. The highest BCUT2D eigenvalue weighted by Gasteiger charge is 2.22. The Balaban J connectivity index is 1.69. The molecule has 1 aliphatic rings. The first-order chi connectivity index (χ1) is 10.6. The summed E-state index contributed by atoms with van der Waals surface area (Å²) in [7, 11) is 0. The Labute approximate surface area is 130 Å². The molecule has 2 amide bonds. The third-order valence-corrected chi connectivity index (χ3v) is 4.03. The number of amides is 2. The molecule has 0 fully saturated rings. The van der Waals surface area contributed by atoms with E-state index in [1.807, 2.05) is 49.4 Å². The van der Waals surface area contributed by atoms with Crippen LogP contribution in [0.25, 0.3) is 0 Å². The normalized spacial score (nSPS) is 16.4. The van der Waals surface area contributed by atoms with Gasteiger partial charge in [-0.15, -0.1) is 0 Å². The van der Waals surface area contributed by atoms with E-state index in [4.69, 9.17) is 4.74 Å². The smallest absolute Gasteiger partial charge is 0.319 e. The van der Waals surface area contributed by atoms with Crippen LogP contribution in [-0.2, 0) is 0 Å². The van der Waals surface area contributed by atoms with Crippen LogP contribution in [0.2, 0.25) is 0 Å². The van der Waals surface area contributed by atoms with Gasteiger partial charge in [-0.3, -0.25) is 0 Å². The zero-order chi connectivity index (χ0) is 15.5. The van der Waals surface area contributed by atoms with Gasteiger partial charge in [0.15, 0.2) is 0 Å². The van der Waals surface area contributed by atoms with Crippen molar-refractivity contribution < 1.29 is 9.53 Å². The number of hydrogen-bond donors (Lipinski definition) is 2. The number of nitrogens with one attached hydrogen (secondary N) is 2. The minimum atomic E-state index is -0.190. The molecule has 0 saturated heterocycles. The molecule has 0 spiro atoms. The molecule has 0 aliphatic carbocycles. The second-order valence-corrected chi connectivity index (χ2v) is 5.63. The van der Waals surface area contributed by atoms with Gasteiger partial charge in [-0.25, -0.2) is 4.79 Å². The third kappa shape index (κ3) is 3.06. The van der Waals surface area contributed by atoms with Gasteiger partial charge in [0.1, 0.15) is 5.75 Å². The maximum atomic E-state index is 12.2. The Morgan fingerprint density at radius 3 is 2.77 bits per heavy atom. The maximum absolute atomic E-state index is 12.2. The fourth-order valence-electron chi connectivity index (χ4n) is 2.64. The first kappa shape index (κ1) is 14.4. The number of fused-ring (bicyclic) bond motifs is 1. The lowest BCUT2D eigenvalue weighted by Crippen LogP contribution is -2.35. The van der Waals surface area contributed by atoms with Gasteiger partial charge in [0.25, 0.3) is 0 Å². The highest BCUT2D eigenvalue weighted by molar-refractivity contribution is 5.89. The molecular weight excluding hydrogens is 276 g/mol. The van der Waals surface area contributed by atoms with Crippen LogP contribution < -0.4 is 15.4 Å². The van der Waals surface area contributed by atoms with Gasteiger partial charge in [-0.1, -0.05) is 24.3 Å². The molecule has 3 rings (SSSR count). The van der Waals surface area contributed by atoms with E-state index in [9.17, 15) is 4.79 Å². The predicted molar refractivity (Wildman–Crippen MR) is 87.4 cm³/mol. The monoisotopic (exact) mass is 296 g/mol. The van der Waals surface area contributed by atoms with E-state index in [1.54, 1.807) is 0 Å². The SMILES string of the molecule is Cc1ccc(NC(=O)NC2CCOc3ccccc32)cc1C. The number of carbonyl (C=O) groups excluding carboxylic acids is 1. The zero-order valence-corrected chi connectivity index (χ0v) is 12.8. The average molecular weight is 296 g/mol. The number of rotatable bonds is 2. The Kier molecular flexibility index (Phi) is 4.00. The summed E-state index contributed by atoms with van der Waals surface area (Å²) in [5, 5.41) is 5.92. The summed E-state index contributed by atoms with van der Waals surface area (Å²) in [6.45, 7) is 4.71. The molecule has 114 valence electrons. The van der Waals surface area contributed by atoms with Crippen LogP contribution in [0.15, 0.2) is 42.5 Å². The van der Waals surface area contributed by atoms with Crippen molar-refractivity contribution in [1.29, 1.82) is 0 Å². The molecule has 0 bridgehead atoms. The van der Waals surface area contributed by atoms with Crippen molar-refractivity contribution in [3.05, 3.63) is 59.2 Å². The Hall–Kier alpha value is -2.49. The molecule has 1 atom stereocenters. The molecule has 0 aromatic heterocycles. The summed E-state index contributed by atoms with van der Waals surface area (Å²) in [5.74, 6) is 0.852. The summed E-state index contributed by atoms with van der Waals surface area (Å²) in [6.07, 6.45) is 0.775. The predicted octanol–water partition coefficient (Wildman–Crippen LogP) is 3.95.